The monoisotopic (exact) mass is 216 g/mol. The number of nitrogens with zero attached hydrogens (tertiary/aromatic N) is 1. The average molecular weight is 216 g/mol. The van der Waals surface area contributed by atoms with Crippen LogP contribution in [0.1, 0.15) is 18.4 Å². The van der Waals surface area contributed by atoms with Crippen LogP contribution in [0.2, 0.25) is 0 Å². The summed E-state index contributed by atoms with van der Waals surface area (Å²) in [7, 11) is 0. The van der Waals surface area contributed by atoms with E-state index in [2.05, 4.69) is 5.48 Å². The number of nitrogens with one attached hydrogen (secondary N) is 1. The van der Waals surface area contributed by atoms with Gasteiger partial charge in [0.25, 0.3) is 5.91 Å². The molecule has 0 bridgehead atoms. The summed E-state index contributed by atoms with van der Waals surface area (Å²) < 4.78 is 0. The van der Waals surface area contributed by atoms with Gasteiger partial charge in [-0.3, -0.25) is 9.63 Å². The van der Waals surface area contributed by atoms with Crippen molar-refractivity contribution in [3.63, 3.8) is 0 Å². The second-order valence-corrected chi connectivity index (χ2v) is 3.90. The minimum atomic E-state index is -0.823. The van der Waals surface area contributed by atoms with Gasteiger partial charge >= 0.3 is 0 Å². The van der Waals surface area contributed by atoms with Crippen LogP contribution in [0.5, 0.6) is 0 Å². The molecule has 1 aromatic carbocycles. The molecule has 1 aliphatic carbocycles. The van der Waals surface area contributed by atoms with E-state index in [9.17, 15) is 4.79 Å². The third-order valence-corrected chi connectivity index (χ3v) is 2.65. The molecular formula is C12H12N2O2. The Morgan fingerprint density at radius 1 is 1.44 bits per heavy atom. The Balaban J connectivity index is 1.77. The first-order valence-electron chi connectivity index (χ1n) is 5.14. The number of rotatable bonds is 4. The van der Waals surface area contributed by atoms with E-state index in [1.54, 1.807) is 0 Å². The number of benzene rings is 1. The van der Waals surface area contributed by atoms with Gasteiger partial charge in [0.15, 0.2) is 0 Å². The molecule has 1 aliphatic rings. The van der Waals surface area contributed by atoms with E-state index >= 15 is 0 Å². The van der Waals surface area contributed by atoms with Crippen LogP contribution in [0.3, 0.4) is 0 Å². The first-order chi connectivity index (χ1) is 7.77. The molecule has 1 amide bonds. The predicted molar refractivity (Wildman–Crippen MR) is 56.7 cm³/mol. The molecule has 2 rings (SSSR count). The second kappa shape index (κ2) is 4.33. The van der Waals surface area contributed by atoms with Crippen molar-refractivity contribution in [1.29, 1.82) is 5.26 Å². The summed E-state index contributed by atoms with van der Waals surface area (Å²) in [4.78, 5) is 16.5. The van der Waals surface area contributed by atoms with Gasteiger partial charge in [-0.25, -0.2) is 5.48 Å². The normalized spacial score (nSPS) is 16.2. The van der Waals surface area contributed by atoms with Crippen molar-refractivity contribution in [2.75, 3.05) is 0 Å². The van der Waals surface area contributed by atoms with Crippen LogP contribution in [0, 0.1) is 16.7 Å². The summed E-state index contributed by atoms with van der Waals surface area (Å²) in [6.07, 6.45) is 1.26. The highest BCUT2D eigenvalue weighted by molar-refractivity contribution is 5.87. The Morgan fingerprint density at radius 2 is 2.12 bits per heavy atom. The first kappa shape index (κ1) is 10.7. The Kier molecular flexibility index (Phi) is 2.88. The number of amides is 1. The summed E-state index contributed by atoms with van der Waals surface area (Å²) in [6, 6.07) is 11.5. The summed E-state index contributed by atoms with van der Waals surface area (Å²) in [5, 5.41) is 8.78. The maximum absolute atomic E-state index is 11.5. The summed E-state index contributed by atoms with van der Waals surface area (Å²) in [5.74, 6) is -0.328. The van der Waals surface area contributed by atoms with Gasteiger partial charge in [0.2, 0.25) is 0 Å². The minimum absolute atomic E-state index is 0.314. The Morgan fingerprint density at radius 3 is 2.69 bits per heavy atom. The SMILES string of the molecule is N#CC1(C(=O)NOCc2ccccc2)CC1. The highest BCUT2D eigenvalue weighted by atomic mass is 16.6. The molecule has 0 aromatic heterocycles. The lowest BCUT2D eigenvalue weighted by atomic mass is 10.1. The van der Waals surface area contributed by atoms with Gasteiger partial charge in [0.1, 0.15) is 5.41 Å². The highest BCUT2D eigenvalue weighted by Gasteiger charge is 2.50. The van der Waals surface area contributed by atoms with Crippen molar-refractivity contribution in [3.05, 3.63) is 35.9 Å². The van der Waals surface area contributed by atoms with E-state index in [1.165, 1.54) is 0 Å². The zero-order valence-corrected chi connectivity index (χ0v) is 8.77. The molecule has 0 heterocycles. The standard InChI is InChI=1S/C12H12N2O2/c13-9-12(6-7-12)11(15)14-16-8-10-4-2-1-3-5-10/h1-5H,6-8H2,(H,14,15). The van der Waals surface area contributed by atoms with E-state index in [0.29, 0.717) is 19.4 Å². The zero-order chi connectivity index (χ0) is 11.4. The maximum atomic E-state index is 11.5. The van der Waals surface area contributed by atoms with Crippen LogP contribution in [0.25, 0.3) is 0 Å². The van der Waals surface area contributed by atoms with Gasteiger partial charge in [0, 0.05) is 0 Å². The molecule has 0 saturated heterocycles. The van der Waals surface area contributed by atoms with Gasteiger partial charge in [-0.05, 0) is 18.4 Å². The quantitative estimate of drug-likeness (QED) is 0.776. The van der Waals surface area contributed by atoms with Crippen LogP contribution in [-0.2, 0) is 16.2 Å². The van der Waals surface area contributed by atoms with E-state index in [0.717, 1.165) is 5.56 Å². The number of nitriles is 1. The van der Waals surface area contributed by atoms with Crippen molar-refractivity contribution in [2.45, 2.75) is 19.4 Å². The second-order valence-electron chi connectivity index (χ2n) is 3.90. The van der Waals surface area contributed by atoms with Crippen LogP contribution in [0.15, 0.2) is 30.3 Å². The van der Waals surface area contributed by atoms with E-state index in [-0.39, 0.29) is 5.91 Å². The molecule has 1 fully saturated rings. The fourth-order valence-corrected chi connectivity index (χ4v) is 1.37. The Bertz CT molecular complexity index is 418. The van der Waals surface area contributed by atoms with Crippen LogP contribution < -0.4 is 5.48 Å². The van der Waals surface area contributed by atoms with Crippen LogP contribution in [0.4, 0.5) is 0 Å². The van der Waals surface area contributed by atoms with Crippen LogP contribution in [-0.4, -0.2) is 5.91 Å². The molecule has 82 valence electrons. The lowest BCUT2D eigenvalue weighted by Gasteiger charge is -2.08. The Labute approximate surface area is 93.8 Å². The summed E-state index contributed by atoms with van der Waals surface area (Å²) in [5.41, 5.74) is 2.48. The van der Waals surface area contributed by atoms with Crippen molar-refractivity contribution in [1.82, 2.24) is 5.48 Å². The fraction of sp³-hybridized carbons (Fsp3) is 0.333. The smallest absolute Gasteiger partial charge is 0.264 e. The topological polar surface area (TPSA) is 62.1 Å². The molecule has 0 radical (unpaired) electrons. The van der Waals surface area contributed by atoms with Crippen molar-refractivity contribution in [3.8, 4) is 6.07 Å². The Hall–Kier alpha value is -1.86. The van der Waals surface area contributed by atoms with Crippen LogP contribution >= 0.6 is 0 Å². The minimum Gasteiger partial charge on any atom is -0.271 e. The van der Waals surface area contributed by atoms with Gasteiger partial charge in [-0.15, -0.1) is 0 Å². The molecule has 4 heteroatoms. The molecule has 0 unspecified atom stereocenters. The molecule has 0 spiro atoms. The van der Waals surface area contributed by atoms with Gasteiger partial charge in [0.05, 0.1) is 12.7 Å². The molecule has 1 saturated carbocycles. The highest BCUT2D eigenvalue weighted by Crippen LogP contribution is 2.44. The zero-order valence-electron chi connectivity index (χ0n) is 8.77. The van der Waals surface area contributed by atoms with Gasteiger partial charge < -0.3 is 0 Å². The van der Waals surface area contributed by atoms with Gasteiger partial charge in [-0.1, -0.05) is 30.3 Å². The lowest BCUT2D eigenvalue weighted by Crippen LogP contribution is -2.31. The number of hydrogen-bond acceptors (Lipinski definition) is 3. The molecular weight excluding hydrogens is 204 g/mol. The van der Waals surface area contributed by atoms with E-state index in [1.807, 2.05) is 36.4 Å². The molecule has 1 aromatic rings. The molecule has 0 atom stereocenters. The molecule has 16 heavy (non-hydrogen) atoms. The first-order valence-corrected chi connectivity index (χ1v) is 5.14. The van der Waals surface area contributed by atoms with Gasteiger partial charge in [-0.2, -0.15) is 5.26 Å². The van der Waals surface area contributed by atoms with Crippen molar-refractivity contribution < 1.29 is 9.63 Å². The number of carbonyl (C=O) groups excluding carboxylic acids is 1. The third kappa shape index (κ3) is 2.20. The molecule has 4 nitrogen and oxygen atoms in total. The fourth-order valence-electron chi connectivity index (χ4n) is 1.37. The van der Waals surface area contributed by atoms with Crippen molar-refractivity contribution >= 4 is 5.91 Å². The van der Waals surface area contributed by atoms with Crippen molar-refractivity contribution in [2.24, 2.45) is 5.41 Å². The number of hydrogen-bond donors (Lipinski definition) is 1. The maximum Gasteiger partial charge on any atom is 0.264 e. The summed E-state index contributed by atoms with van der Waals surface area (Å²) in [6.45, 7) is 0.314. The van der Waals surface area contributed by atoms with E-state index in [4.69, 9.17) is 10.1 Å². The number of carbonyl (C=O) groups is 1. The molecule has 0 aliphatic heterocycles. The molecule has 1 N–H and O–H groups in total. The number of hydroxylamine groups is 1. The third-order valence-electron chi connectivity index (χ3n) is 2.65. The summed E-state index contributed by atoms with van der Waals surface area (Å²) >= 11 is 0. The lowest BCUT2D eigenvalue weighted by molar-refractivity contribution is -0.138. The largest absolute Gasteiger partial charge is 0.271 e. The average Bonchev–Trinajstić information content (AvgIpc) is 3.11. The van der Waals surface area contributed by atoms with E-state index < -0.39 is 5.41 Å². The predicted octanol–water partition coefficient (Wildman–Crippen LogP) is 1.54.